The lowest BCUT2D eigenvalue weighted by Crippen LogP contribution is -2.19. The van der Waals surface area contributed by atoms with E-state index >= 15 is 0 Å². The molecule has 3 aromatic rings. The lowest BCUT2D eigenvalue weighted by molar-refractivity contribution is 0.0998. The Morgan fingerprint density at radius 2 is 1.96 bits per heavy atom. The van der Waals surface area contributed by atoms with Gasteiger partial charge in [-0.15, -0.1) is 0 Å². The van der Waals surface area contributed by atoms with Gasteiger partial charge in [-0.2, -0.15) is 0 Å². The van der Waals surface area contributed by atoms with E-state index in [2.05, 4.69) is 29.3 Å². The molecule has 1 aliphatic rings. The van der Waals surface area contributed by atoms with Crippen LogP contribution < -0.4 is 10.2 Å². The van der Waals surface area contributed by atoms with Gasteiger partial charge in [0.15, 0.2) is 5.76 Å². The third-order valence-corrected chi connectivity index (χ3v) is 4.81. The average molecular weight is 334 g/mol. The van der Waals surface area contributed by atoms with Crippen LogP contribution in [0.25, 0.3) is 11.0 Å². The van der Waals surface area contributed by atoms with Crippen LogP contribution in [0.4, 0.5) is 11.4 Å². The normalized spacial score (nSPS) is 17.2. The first kappa shape index (κ1) is 15.8. The van der Waals surface area contributed by atoms with Crippen molar-refractivity contribution in [3.63, 3.8) is 0 Å². The summed E-state index contributed by atoms with van der Waals surface area (Å²) in [6, 6.07) is 15.7. The second-order valence-corrected chi connectivity index (χ2v) is 6.99. The first-order valence-corrected chi connectivity index (χ1v) is 8.75. The molecular formula is C21H22N2O2. The molecule has 4 rings (SSSR count). The van der Waals surface area contributed by atoms with E-state index < -0.39 is 0 Å². The number of anilines is 2. The first-order valence-electron chi connectivity index (χ1n) is 8.75. The highest BCUT2D eigenvalue weighted by Crippen LogP contribution is 2.25. The number of nitrogens with one attached hydrogen (secondary N) is 1. The summed E-state index contributed by atoms with van der Waals surface area (Å²) in [6.07, 6.45) is 1.24. The molecule has 1 aliphatic heterocycles. The monoisotopic (exact) mass is 334 g/mol. The maximum Gasteiger partial charge on any atom is 0.291 e. The molecule has 0 radical (unpaired) electrons. The number of furan rings is 1. The van der Waals surface area contributed by atoms with Gasteiger partial charge in [-0.1, -0.05) is 18.6 Å². The van der Waals surface area contributed by atoms with E-state index in [1.807, 2.05) is 37.3 Å². The Hall–Kier alpha value is -2.75. The van der Waals surface area contributed by atoms with Gasteiger partial charge in [0.05, 0.1) is 0 Å². The van der Waals surface area contributed by atoms with E-state index in [0.29, 0.717) is 5.76 Å². The number of rotatable bonds is 3. The average Bonchev–Trinajstić information content (AvgIpc) is 3.21. The summed E-state index contributed by atoms with van der Waals surface area (Å²) in [5, 5.41) is 3.86. The predicted molar refractivity (Wildman–Crippen MR) is 101 cm³/mol. The van der Waals surface area contributed by atoms with Crippen LogP contribution in [-0.4, -0.2) is 19.0 Å². The highest BCUT2D eigenvalue weighted by molar-refractivity contribution is 6.04. The summed E-state index contributed by atoms with van der Waals surface area (Å²) in [6.45, 7) is 6.51. The molecule has 2 heterocycles. The van der Waals surface area contributed by atoms with Gasteiger partial charge in [0.2, 0.25) is 0 Å². The second-order valence-electron chi connectivity index (χ2n) is 6.99. The Labute approximate surface area is 147 Å². The summed E-state index contributed by atoms with van der Waals surface area (Å²) in [5.41, 5.74) is 3.86. The van der Waals surface area contributed by atoms with Gasteiger partial charge < -0.3 is 14.6 Å². The van der Waals surface area contributed by atoms with Crippen molar-refractivity contribution in [1.29, 1.82) is 0 Å². The highest BCUT2D eigenvalue weighted by atomic mass is 16.3. The van der Waals surface area contributed by atoms with Gasteiger partial charge in [-0.25, -0.2) is 0 Å². The summed E-state index contributed by atoms with van der Waals surface area (Å²) in [7, 11) is 0. The standard InChI is InChI=1S/C21H22N2O2/c1-14-3-8-19-16(11-14)12-20(25-19)21(24)22-17-4-6-18(7-5-17)23-10-9-15(2)13-23/h3-8,11-12,15H,9-10,13H2,1-2H3,(H,22,24). The summed E-state index contributed by atoms with van der Waals surface area (Å²) < 4.78 is 5.65. The van der Waals surface area contributed by atoms with Crippen molar-refractivity contribution in [3.05, 3.63) is 59.9 Å². The third kappa shape index (κ3) is 3.25. The molecule has 4 heteroatoms. The Bertz CT molecular complexity index is 911. The zero-order chi connectivity index (χ0) is 17.4. The van der Waals surface area contributed by atoms with Gasteiger partial charge >= 0.3 is 0 Å². The zero-order valence-corrected chi connectivity index (χ0v) is 14.6. The van der Waals surface area contributed by atoms with Crippen LogP contribution in [0.5, 0.6) is 0 Å². The van der Waals surface area contributed by atoms with Crippen molar-refractivity contribution >= 4 is 28.3 Å². The number of hydrogen-bond donors (Lipinski definition) is 1. The molecule has 1 fully saturated rings. The van der Waals surface area contributed by atoms with Gasteiger partial charge in [0, 0.05) is 29.9 Å². The molecule has 0 aliphatic carbocycles. The molecule has 1 N–H and O–H groups in total. The summed E-state index contributed by atoms with van der Waals surface area (Å²) in [4.78, 5) is 14.8. The molecule has 2 aromatic carbocycles. The molecule has 1 aromatic heterocycles. The van der Waals surface area contributed by atoms with Gasteiger partial charge in [-0.3, -0.25) is 4.79 Å². The number of amides is 1. The molecule has 4 nitrogen and oxygen atoms in total. The fraction of sp³-hybridized carbons (Fsp3) is 0.286. The topological polar surface area (TPSA) is 45.5 Å². The van der Waals surface area contributed by atoms with E-state index in [-0.39, 0.29) is 5.91 Å². The Morgan fingerprint density at radius 1 is 1.16 bits per heavy atom. The molecule has 0 bridgehead atoms. The van der Waals surface area contributed by atoms with Crippen molar-refractivity contribution in [3.8, 4) is 0 Å². The van der Waals surface area contributed by atoms with Crippen LogP contribution in [0.1, 0.15) is 29.5 Å². The number of carbonyl (C=O) groups excluding carboxylic acids is 1. The minimum absolute atomic E-state index is 0.226. The minimum Gasteiger partial charge on any atom is -0.451 e. The molecule has 1 saturated heterocycles. The van der Waals surface area contributed by atoms with Crippen LogP contribution in [0, 0.1) is 12.8 Å². The van der Waals surface area contributed by atoms with Gasteiger partial charge in [-0.05, 0) is 61.7 Å². The SMILES string of the molecule is Cc1ccc2oc(C(=O)Nc3ccc(N4CCC(C)C4)cc3)cc2c1. The Balaban J connectivity index is 1.48. The molecule has 0 saturated carbocycles. The van der Waals surface area contributed by atoms with Crippen molar-refractivity contribution < 1.29 is 9.21 Å². The third-order valence-electron chi connectivity index (χ3n) is 4.81. The van der Waals surface area contributed by atoms with E-state index in [4.69, 9.17) is 4.42 Å². The second kappa shape index (κ2) is 6.28. The van der Waals surface area contributed by atoms with E-state index in [1.165, 1.54) is 12.1 Å². The number of hydrogen-bond acceptors (Lipinski definition) is 3. The van der Waals surface area contributed by atoms with E-state index in [1.54, 1.807) is 6.07 Å². The number of fused-ring (bicyclic) bond motifs is 1. The van der Waals surface area contributed by atoms with Crippen molar-refractivity contribution in [2.24, 2.45) is 5.92 Å². The first-order chi connectivity index (χ1) is 12.1. The van der Waals surface area contributed by atoms with Crippen LogP contribution in [0.2, 0.25) is 0 Å². The van der Waals surface area contributed by atoms with Crippen LogP contribution in [0.3, 0.4) is 0 Å². The van der Waals surface area contributed by atoms with Crippen LogP contribution in [0.15, 0.2) is 52.9 Å². The van der Waals surface area contributed by atoms with Crippen molar-refractivity contribution in [2.75, 3.05) is 23.3 Å². The number of benzene rings is 2. The molecule has 128 valence electrons. The van der Waals surface area contributed by atoms with E-state index in [0.717, 1.165) is 41.2 Å². The van der Waals surface area contributed by atoms with E-state index in [9.17, 15) is 4.79 Å². The van der Waals surface area contributed by atoms with Gasteiger partial charge in [0.1, 0.15) is 5.58 Å². The minimum atomic E-state index is -0.226. The van der Waals surface area contributed by atoms with Crippen molar-refractivity contribution in [2.45, 2.75) is 20.3 Å². The summed E-state index contributed by atoms with van der Waals surface area (Å²) >= 11 is 0. The van der Waals surface area contributed by atoms with Crippen molar-refractivity contribution in [1.82, 2.24) is 0 Å². The lowest BCUT2D eigenvalue weighted by Gasteiger charge is -2.18. The van der Waals surface area contributed by atoms with Crippen LogP contribution in [-0.2, 0) is 0 Å². The molecular weight excluding hydrogens is 312 g/mol. The lowest BCUT2D eigenvalue weighted by atomic mass is 10.2. The Morgan fingerprint density at radius 3 is 2.68 bits per heavy atom. The number of carbonyl (C=O) groups is 1. The van der Waals surface area contributed by atoms with Gasteiger partial charge in [0.25, 0.3) is 5.91 Å². The number of aryl methyl sites for hydroxylation is 1. The largest absolute Gasteiger partial charge is 0.451 e. The smallest absolute Gasteiger partial charge is 0.291 e. The fourth-order valence-corrected chi connectivity index (χ4v) is 3.39. The maximum absolute atomic E-state index is 12.4. The molecule has 1 amide bonds. The predicted octanol–water partition coefficient (Wildman–Crippen LogP) is 4.84. The maximum atomic E-state index is 12.4. The highest BCUT2D eigenvalue weighted by Gasteiger charge is 2.19. The number of nitrogens with zero attached hydrogens (tertiary/aromatic N) is 1. The fourth-order valence-electron chi connectivity index (χ4n) is 3.39. The molecule has 25 heavy (non-hydrogen) atoms. The molecule has 0 spiro atoms. The van der Waals surface area contributed by atoms with Crippen LogP contribution >= 0.6 is 0 Å². The summed E-state index contributed by atoms with van der Waals surface area (Å²) in [5.74, 6) is 0.852. The molecule has 1 unspecified atom stereocenters. The Kier molecular flexibility index (Phi) is 3.96. The zero-order valence-electron chi connectivity index (χ0n) is 14.6. The molecule has 1 atom stereocenters. The quantitative estimate of drug-likeness (QED) is 0.745.